The molecule has 0 unspecified atom stereocenters. The van der Waals surface area contributed by atoms with Crippen molar-refractivity contribution in [3.05, 3.63) is 47.7 Å². The Labute approximate surface area is 124 Å². The first kappa shape index (κ1) is 15.3. The molecule has 6 nitrogen and oxygen atoms in total. The molecule has 7 heteroatoms. The lowest BCUT2D eigenvalue weighted by atomic mass is 10.1. The first-order valence-electron chi connectivity index (χ1n) is 6.28. The van der Waals surface area contributed by atoms with E-state index in [-0.39, 0.29) is 11.6 Å². The maximum absolute atomic E-state index is 12.1. The van der Waals surface area contributed by atoms with Gasteiger partial charge in [0.15, 0.2) is 5.03 Å². The Morgan fingerprint density at radius 1 is 1.29 bits per heavy atom. The number of benzene rings is 1. The molecule has 0 aliphatic carbocycles. The highest BCUT2D eigenvalue weighted by molar-refractivity contribution is 7.89. The van der Waals surface area contributed by atoms with E-state index in [2.05, 4.69) is 21.7 Å². The average Bonchev–Trinajstić information content (AvgIpc) is 2.91. The number of aryl methyl sites for hydroxylation is 1. The van der Waals surface area contributed by atoms with Crippen LogP contribution in [0.25, 0.3) is 0 Å². The van der Waals surface area contributed by atoms with Gasteiger partial charge < -0.3 is 5.73 Å². The molecule has 1 aromatic carbocycles. The molecule has 0 bridgehead atoms. The number of nitrogens with two attached hydrogens (primary N) is 1. The van der Waals surface area contributed by atoms with Crippen LogP contribution >= 0.6 is 0 Å². The minimum absolute atomic E-state index is 0.132. The number of nitrogens with one attached hydrogen (secondary N) is 1. The van der Waals surface area contributed by atoms with Crippen molar-refractivity contribution < 1.29 is 8.42 Å². The Morgan fingerprint density at radius 2 is 2.00 bits per heavy atom. The Bertz CT molecular complexity index is 767. The zero-order valence-corrected chi connectivity index (χ0v) is 12.4. The Kier molecular flexibility index (Phi) is 4.75. The monoisotopic (exact) mass is 304 g/mol. The maximum Gasteiger partial charge on any atom is 0.258 e. The molecule has 1 aromatic heterocycles. The van der Waals surface area contributed by atoms with Crippen LogP contribution in [0.2, 0.25) is 0 Å². The van der Waals surface area contributed by atoms with Gasteiger partial charge in [-0.2, -0.15) is 5.10 Å². The summed E-state index contributed by atoms with van der Waals surface area (Å²) in [5.74, 6) is 5.67. The van der Waals surface area contributed by atoms with Crippen molar-refractivity contribution in [1.29, 1.82) is 0 Å². The minimum Gasteiger partial charge on any atom is -0.320 e. The molecule has 2 aromatic rings. The quantitative estimate of drug-likeness (QED) is 0.790. The van der Waals surface area contributed by atoms with E-state index in [1.54, 1.807) is 7.05 Å². The first-order valence-corrected chi connectivity index (χ1v) is 7.77. The molecule has 0 spiro atoms. The Hall–Kier alpha value is -2.14. The second kappa shape index (κ2) is 6.54. The lowest BCUT2D eigenvalue weighted by Crippen LogP contribution is -2.25. The van der Waals surface area contributed by atoms with E-state index in [9.17, 15) is 8.42 Å². The highest BCUT2D eigenvalue weighted by Crippen LogP contribution is 2.08. The average molecular weight is 304 g/mol. The third-order valence-electron chi connectivity index (χ3n) is 2.81. The molecule has 2 rings (SSSR count). The molecular formula is C14H16N4O2S. The third-order valence-corrected chi connectivity index (χ3v) is 4.28. The Morgan fingerprint density at radius 3 is 2.57 bits per heavy atom. The highest BCUT2D eigenvalue weighted by Gasteiger charge is 2.17. The van der Waals surface area contributed by atoms with Crippen LogP contribution in [0.3, 0.4) is 0 Å². The third kappa shape index (κ3) is 3.92. The summed E-state index contributed by atoms with van der Waals surface area (Å²) < 4.78 is 28.0. The second-order valence-electron chi connectivity index (χ2n) is 4.32. The van der Waals surface area contributed by atoms with Gasteiger partial charge in [-0.1, -0.05) is 24.0 Å². The number of sulfonamides is 1. The number of aromatic nitrogens is 2. The van der Waals surface area contributed by atoms with Gasteiger partial charge in [-0.05, 0) is 23.8 Å². The van der Waals surface area contributed by atoms with E-state index < -0.39 is 10.0 Å². The molecule has 0 atom stereocenters. The maximum atomic E-state index is 12.1. The lowest BCUT2D eigenvalue weighted by molar-refractivity contribution is 0.563. The molecule has 0 aliphatic rings. The molecule has 0 amide bonds. The summed E-state index contributed by atoms with van der Waals surface area (Å²) >= 11 is 0. The van der Waals surface area contributed by atoms with Crippen LogP contribution < -0.4 is 10.5 Å². The number of hydrogen-bond donors (Lipinski definition) is 2. The van der Waals surface area contributed by atoms with Crippen molar-refractivity contribution in [3.8, 4) is 11.8 Å². The van der Waals surface area contributed by atoms with Gasteiger partial charge in [0, 0.05) is 19.2 Å². The predicted octanol–water partition coefficient (Wildman–Crippen LogP) is 0.209. The van der Waals surface area contributed by atoms with E-state index in [1.807, 2.05) is 24.3 Å². The molecule has 0 aliphatic heterocycles. The second-order valence-corrected chi connectivity index (χ2v) is 6.03. The molecular weight excluding hydrogens is 288 g/mol. The fourth-order valence-electron chi connectivity index (χ4n) is 1.74. The van der Waals surface area contributed by atoms with Crippen molar-refractivity contribution in [1.82, 2.24) is 14.5 Å². The zero-order valence-electron chi connectivity index (χ0n) is 11.6. The van der Waals surface area contributed by atoms with Crippen LogP contribution in [0.15, 0.2) is 41.6 Å². The fourth-order valence-corrected chi connectivity index (χ4v) is 2.88. The van der Waals surface area contributed by atoms with E-state index in [1.165, 1.54) is 16.9 Å². The van der Waals surface area contributed by atoms with Crippen LogP contribution in [0.1, 0.15) is 11.1 Å². The number of nitrogens with zero attached hydrogens (tertiary/aromatic N) is 2. The van der Waals surface area contributed by atoms with Gasteiger partial charge >= 0.3 is 0 Å². The predicted molar refractivity (Wildman–Crippen MR) is 79.6 cm³/mol. The van der Waals surface area contributed by atoms with Crippen LogP contribution in [0, 0.1) is 11.8 Å². The number of hydrogen-bond acceptors (Lipinski definition) is 4. The van der Waals surface area contributed by atoms with Gasteiger partial charge in [0.05, 0.1) is 12.7 Å². The van der Waals surface area contributed by atoms with Gasteiger partial charge in [-0.3, -0.25) is 4.68 Å². The molecule has 0 saturated heterocycles. The van der Waals surface area contributed by atoms with Crippen molar-refractivity contribution in [2.24, 2.45) is 12.8 Å². The van der Waals surface area contributed by atoms with E-state index in [0.717, 1.165) is 11.1 Å². The van der Waals surface area contributed by atoms with Crippen LogP contribution in [-0.2, 0) is 23.6 Å². The van der Waals surface area contributed by atoms with Crippen molar-refractivity contribution in [3.63, 3.8) is 0 Å². The summed E-state index contributed by atoms with van der Waals surface area (Å²) in [5.41, 5.74) is 7.00. The SMILES string of the molecule is Cn1nccc1S(=O)(=O)NCc1ccc(C#CCN)cc1. The van der Waals surface area contributed by atoms with E-state index in [0.29, 0.717) is 6.54 Å². The molecule has 110 valence electrons. The normalized spacial score (nSPS) is 11.0. The van der Waals surface area contributed by atoms with Gasteiger partial charge in [0.2, 0.25) is 0 Å². The first-order chi connectivity index (χ1) is 10.0. The summed E-state index contributed by atoms with van der Waals surface area (Å²) in [6.45, 7) is 0.518. The van der Waals surface area contributed by atoms with Gasteiger partial charge in [0.1, 0.15) is 0 Å². The number of rotatable bonds is 4. The zero-order chi connectivity index (χ0) is 15.3. The lowest BCUT2D eigenvalue weighted by Gasteiger charge is -2.07. The van der Waals surface area contributed by atoms with Gasteiger partial charge in [-0.25, -0.2) is 13.1 Å². The molecule has 0 radical (unpaired) electrons. The summed E-state index contributed by atoms with van der Waals surface area (Å²) in [7, 11) is -1.98. The van der Waals surface area contributed by atoms with E-state index >= 15 is 0 Å². The summed E-state index contributed by atoms with van der Waals surface area (Å²) in [6, 6.07) is 8.76. The molecule has 3 N–H and O–H groups in total. The van der Waals surface area contributed by atoms with Crippen LogP contribution in [-0.4, -0.2) is 24.7 Å². The summed E-state index contributed by atoms with van der Waals surface area (Å²) in [6.07, 6.45) is 1.44. The van der Waals surface area contributed by atoms with Crippen LogP contribution in [0.4, 0.5) is 0 Å². The van der Waals surface area contributed by atoms with Crippen molar-refractivity contribution in [2.45, 2.75) is 11.6 Å². The topological polar surface area (TPSA) is 90.0 Å². The molecule has 1 heterocycles. The summed E-state index contributed by atoms with van der Waals surface area (Å²) in [5, 5.41) is 3.98. The highest BCUT2D eigenvalue weighted by atomic mass is 32.2. The van der Waals surface area contributed by atoms with Gasteiger partial charge in [-0.15, -0.1) is 0 Å². The fraction of sp³-hybridized carbons (Fsp3) is 0.214. The molecule has 0 saturated carbocycles. The minimum atomic E-state index is -3.56. The van der Waals surface area contributed by atoms with Gasteiger partial charge in [0.25, 0.3) is 10.0 Å². The standard InChI is InChI=1S/C14H16N4O2S/c1-18-14(8-10-16-18)21(19,20)17-11-13-6-4-12(5-7-13)3-2-9-15/h4-8,10,17H,9,11,15H2,1H3. The largest absolute Gasteiger partial charge is 0.320 e. The smallest absolute Gasteiger partial charge is 0.258 e. The van der Waals surface area contributed by atoms with Crippen molar-refractivity contribution >= 4 is 10.0 Å². The summed E-state index contributed by atoms with van der Waals surface area (Å²) in [4.78, 5) is 0. The Balaban J connectivity index is 2.05. The van der Waals surface area contributed by atoms with E-state index in [4.69, 9.17) is 5.73 Å². The molecule has 21 heavy (non-hydrogen) atoms. The van der Waals surface area contributed by atoms with Crippen molar-refractivity contribution in [2.75, 3.05) is 6.54 Å². The van der Waals surface area contributed by atoms with Crippen LogP contribution in [0.5, 0.6) is 0 Å². The molecule has 0 fully saturated rings.